The Morgan fingerprint density at radius 3 is 2.61 bits per heavy atom. The van der Waals surface area contributed by atoms with E-state index in [9.17, 15) is 25.2 Å². The number of aliphatic hydroxyl groups excluding tert-OH is 4. The molecule has 1 fully saturated rings. The fourth-order valence-corrected chi connectivity index (χ4v) is 4.12. The molecule has 5 atom stereocenters. The highest BCUT2D eigenvalue weighted by Crippen LogP contribution is 2.36. The maximum absolute atomic E-state index is 11.9. The molecule has 5 unspecified atom stereocenters. The van der Waals surface area contributed by atoms with Crippen LogP contribution in [0.1, 0.15) is 22.8 Å². The van der Waals surface area contributed by atoms with Crippen LogP contribution in [0.4, 0.5) is 5.69 Å². The van der Waals surface area contributed by atoms with E-state index in [2.05, 4.69) is 0 Å². The lowest BCUT2D eigenvalue weighted by molar-refractivity contribution is -0.231. The topological polar surface area (TPSA) is 120 Å². The first-order valence-electron chi connectivity index (χ1n) is 9.91. The number of anilines is 1. The standard InChI is InChI=1S/C22H24ClNO7/c1-24-15-7-11(2-5-16(15)30-10-18(24)26)6-13-8-12(3-4-14(13)23)22-21(29)20(28)19(27)17(9-25)31-22/h2-5,7-8,17,19-22,25,27-29H,6,9-10H2,1H3. The number of nitrogens with zero attached hydrogens (tertiary/aromatic N) is 1. The number of carbonyl (C=O) groups is 1. The van der Waals surface area contributed by atoms with E-state index in [1.54, 1.807) is 30.1 Å². The summed E-state index contributed by atoms with van der Waals surface area (Å²) >= 11 is 6.40. The molecule has 0 aromatic heterocycles. The van der Waals surface area contributed by atoms with E-state index in [1.807, 2.05) is 18.2 Å². The second-order valence-corrected chi connectivity index (χ2v) is 8.23. The van der Waals surface area contributed by atoms with E-state index in [1.165, 1.54) is 0 Å². The van der Waals surface area contributed by atoms with Gasteiger partial charge in [0.15, 0.2) is 6.61 Å². The molecule has 0 bridgehead atoms. The molecule has 8 nitrogen and oxygen atoms in total. The van der Waals surface area contributed by atoms with E-state index in [0.717, 1.165) is 11.1 Å². The van der Waals surface area contributed by atoms with E-state index in [0.29, 0.717) is 28.4 Å². The fraction of sp³-hybridized carbons (Fsp3) is 0.409. The molecule has 166 valence electrons. The minimum atomic E-state index is -1.45. The fourth-order valence-electron chi connectivity index (χ4n) is 3.93. The Kier molecular flexibility index (Phi) is 6.20. The lowest BCUT2D eigenvalue weighted by Crippen LogP contribution is -2.55. The number of benzene rings is 2. The quantitative estimate of drug-likeness (QED) is 0.545. The van der Waals surface area contributed by atoms with Crippen LogP contribution in [-0.4, -0.2) is 71.0 Å². The van der Waals surface area contributed by atoms with Crippen LogP contribution in [0.5, 0.6) is 5.75 Å². The van der Waals surface area contributed by atoms with E-state index in [-0.39, 0.29) is 12.5 Å². The molecular weight excluding hydrogens is 426 g/mol. The van der Waals surface area contributed by atoms with Crippen LogP contribution in [-0.2, 0) is 16.0 Å². The summed E-state index contributed by atoms with van der Waals surface area (Å²) in [5, 5.41) is 40.4. The number of aliphatic hydroxyl groups is 4. The van der Waals surface area contributed by atoms with Gasteiger partial charge in [-0.15, -0.1) is 0 Å². The Hall–Kier alpha value is -2.20. The first kappa shape index (κ1) is 22.0. The second kappa shape index (κ2) is 8.74. The summed E-state index contributed by atoms with van der Waals surface area (Å²) in [5.41, 5.74) is 2.89. The zero-order valence-electron chi connectivity index (χ0n) is 16.8. The predicted octanol–water partition coefficient (Wildman–Crippen LogP) is 0.801. The first-order valence-corrected chi connectivity index (χ1v) is 10.3. The normalized spacial score (nSPS) is 28.3. The summed E-state index contributed by atoms with van der Waals surface area (Å²) in [7, 11) is 1.69. The van der Waals surface area contributed by atoms with Gasteiger partial charge in [0.25, 0.3) is 5.91 Å². The Balaban J connectivity index is 1.61. The third-order valence-electron chi connectivity index (χ3n) is 5.80. The number of ether oxygens (including phenoxy) is 2. The molecule has 31 heavy (non-hydrogen) atoms. The van der Waals surface area contributed by atoms with Crippen molar-refractivity contribution in [1.82, 2.24) is 0 Å². The Bertz CT molecular complexity index is 982. The van der Waals surface area contributed by atoms with Crippen LogP contribution in [0.25, 0.3) is 0 Å². The van der Waals surface area contributed by atoms with Crippen LogP contribution >= 0.6 is 11.6 Å². The number of hydrogen-bond donors (Lipinski definition) is 4. The largest absolute Gasteiger partial charge is 0.482 e. The van der Waals surface area contributed by atoms with Gasteiger partial charge in [0.05, 0.1) is 12.3 Å². The van der Waals surface area contributed by atoms with Crippen molar-refractivity contribution in [3.63, 3.8) is 0 Å². The van der Waals surface area contributed by atoms with E-state index in [4.69, 9.17) is 21.1 Å². The van der Waals surface area contributed by atoms with Gasteiger partial charge in [0.1, 0.15) is 36.3 Å². The third kappa shape index (κ3) is 4.15. The van der Waals surface area contributed by atoms with Gasteiger partial charge >= 0.3 is 0 Å². The zero-order valence-corrected chi connectivity index (χ0v) is 17.6. The van der Waals surface area contributed by atoms with Crippen molar-refractivity contribution < 1.29 is 34.7 Å². The van der Waals surface area contributed by atoms with Gasteiger partial charge in [-0.2, -0.15) is 0 Å². The second-order valence-electron chi connectivity index (χ2n) is 7.82. The van der Waals surface area contributed by atoms with Gasteiger partial charge in [-0.3, -0.25) is 4.79 Å². The summed E-state index contributed by atoms with van der Waals surface area (Å²) in [6.45, 7) is -0.485. The summed E-state index contributed by atoms with van der Waals surface area (Å²) in [4.78, 5) is 13.5. The number of hydrogen-bond acceptors (Lipinski definition) is 7. The Morgan fingerprint density at radius 1 is 1.10 bits per heavy atom. The minimum absolute atomic E-state index is 0.00974. The Labute approximate surface area is 184 Å². The van der Waals surface area contributed by atoms with Crippen molar-refractivity contribution >= 4 is 23.2 Å². The molecule has 4 N–H and O–H groups in total. The third-order valence-corrected chi connectivity index (χ3v) is 6.16. The van der Waals surface area contributed by atoms with Crippen molar-refractivity contribution in [3.05, 3.63) is 58.1 Å². The molecule has 2 aromatic carbocycles. The number of rotatable bonds is 4. The Morgan fingerprint density at radius 2 is 1.87 bits per heavy atom. The molecule has 1 amide bonds. The molecule has 2 aromatic rings. The molecule has 2 heterocycles. The molecule has 0 saturated carbocycles. The van der Waals surface area contributed by atoms with Crippen LogP contribution in [0.2, 0.25) is 5.02 Å². The summed E-state index contributed by atoms with van der Waals surface area (Å²) in [6, 6.07) is 10.7. The monoisotopic (exact) mass is 449 g/mol. The average Bonchev–Trinajstić information content (AvgIpc) is 2.77. The number of carbonyl (C=O) groups excluding carboxylic acids is 1. The minimum Gasteiger partial charge on any atom is -0.482 e. The molecular formula is C22H24ClNO7. The molecule has 0 spiro atoms. The highest BCUT2D eigenvalue weighted by molar-refractivity contribution is 6.31. The first-order chi connectivity index (χ1) is 14.8. The van der Waals surface area contributed by atoms with Crippen LogP contribution in [0.15, 0.2) is 36.4 Å². The van der Waals surface area contributed by atoms with Crippen LogP contribution in [0.3, 0.4) is 0 Å². The highest BCUT2D eigenvalue weighted by atomic mass is 35.5. The van der Waals surface area contributed by atoms with Gasteiger partial charge < -0.3 is 34.8 Å². The van der Waals surface area contributed by atoms with Crippen molar-refractivity contribution in [2.45, 2.75) is 36.9 Å². The highest BCUT2D eigenvalue weighted by Gasteiger charge is 2.44. The van der Waals surface area contributed by atoms with Crippen molar-refractivity contribution in [2.75, 3.05) is 25.2 Å². The zero-order chi connectivity index (χ0) is 22.3. The maximum Gasteiger partial charge on any atom is 0.264 e. The van der Waals surface area contributed by atoms with Gasteiger partial charge in [-0.05, 0) is 41.3 Å². The molecule has 0 aliphatic carbocycles. The van der Waals surface area contributed by atoms with Crippen LogP contribution < -0.4 is 9.64 Å². The van der Waals surface area contributed by atoms with Crippen molar-refractivity contribution in [1.29, 1.82) is 0 Å². The van der Waals surface area contributed by atoms with Gasteiger partial charge in [0.2, 0.25) is 0 Å². The SMILES string of the molecule is CN1C(=O)COc2ccc(Cc3cc(C4OC(CO)C(O)C(O)C4O)ccc3Cl)cc21. The summed E-state index contributed by atoms with van der Waals surface area (Å²) in [5.74, 6) is 0.499. The molecule has 2 aliphatic heterocycles. The van der Waals surface area contributed by atoms with E-state index >= 15 is 0 Å². The molecule has 2 aliphatic rings. The molecule has 0 radical (unpaired) electrons. The summed E-state index contributed by atoms with van der Waals surface area (Å²) < 4.78 is 11.1. The average molecular weight is 450 g/mol. The van der Waals surface area contributed by atoms with Crippen molar-refractivity contribution in [2.24, 2.45) is 0 Å². The van der Waals surface area contributed by atoms with Crippen molar-refractivity contribution in [3.8, 4) is 5.75 Å². The number of amides is 1. The lowest BCUT2D eigenvalue weighted by atomic mass is 9.90. The van der Waals surface area contributed by atoms with E-state index < -0.39 is 37.1 Å². The maximum atomic E-state index is 11.9. The van der Waals surface area contributed by atoms with Gasteiger partial charge in [0, 0.05) is 12.1 Å². The molecule has 1 saturated heterocycles. The smallest absolute Gasteiger partial charge is 0.264 e. The number of halogens is 1. The predicted molar refractivity (Wildman–Crippen MR) is 112 cm³/mol. The molecule has 9 heteroatoms. The van der Waals surface area contributed by atoms with Crippen LogP contribution in [0, 0.1) is 0 Å². The molecule has 4 rings (SSSR count). The number of fused-ring (bicyclic) bond motifs is 1. The summed E-state index contributed by atoms with van der Waals surface area (Å²) in [6.07, 6.45) is -5.72. The lowest BCUT2D eigenvalue weighted by Gasteiger charge is -2.40. The van der Waals surface area contributed by atoms with Gasteiger partial charge in [-0.1, -0.05) is 29.8 Å². The van der Waals surface area contributed by atoms with Gasteiger partial charge in [-0.25, -0.2) is 0 Å². The number of likely N-dealkylation sites (N-methyl/N-ethyl adjacent to an activating group) is 1.